The van der Waals surface area contributed by atoms with Crippen molar-refractivity contribution in [2.24, 2.45) is 0 Å². The summed E-state index contributed by atoms with van der Waals surface area (Å²) in [5, 5.41) is 7.10. The second kappa shape index (κ2) is 7.33. The van der Waals surface area contributed by atoms with E-state index < -0.39 is 18.5 Å². The first-order valence-electron chi connectivity index (χ1n) is 9.72. The fourth-order valence-corrected chi connectivity index (χ4v) is 3.39. The number of nitrogens with one attached hydrogen (secondary N) is 1. The topological polar surface area (TPSA) is 113 Å². The van der Waals surface area contributed by atoms with Crippen molar-refractivity contribution in [1.82, 2.24) is 10.1 Å². The summed E-state index contributed by atoms with van der Waals surface area (Å²) in [5.41, 5.74) is 2.48. The number of aryl methyl sites for hydroxylation is 1. The van der Waals surface area contributed by atoms with Gasteiger partial charge < -0.3 is 24.1 Å². The number of anilines is 1. The number of carbonyl (C=O) groups excluding carboxylic acids is 2. The smallest absolute Gasteiger partial charge is 0.339 e. The largest absolute Gasteiger partial charge is 0.486 e. The highest BCUT2D eigenvalue weighted by molar-refractivity contribution is 6.04. The third-order valence-corrected chi connectivity index (χ3v) is 5.01. The van der Waals surface area contributed by atoms with Crippen LogP contribution in [0.25, 0.3) is 11.1 Å². The number of esters is 1. The summed E-state index contributed by atoms with van der Waals surface area (Å²) < 4.78 is 21.5. The molecule has 2 aromatic heterocycles. The molecule has 1 amide bonds. The van der Waals surface area contributed by atoms with Crippen molar-refractivity contribution < 1.29 is 28.3 Å². The molecule has 9 heteroatoms. The van der Waals surface area contributed by atoms with Gasteiger partial charge in [0.05, 0.1) is 16.6 Å². The van der Waals surface area contributed by atoms with Crippen LogP contribution in [0.1, 0.15) is 40.5 Å². The normalized spacial score (nSPS) is 15.1. The summed E-state index contributed by atoms with van der Waals surface area (Å²) in [6.07, 6.45) is 2.05. The number of aromatic nitrogens is 2. The Labute approximate surface area is 171 Å². The molecular weight excluding hydrogens is 390 g/mol. The molecule has 1 N–H and O–H groups in total. The fourth-order valence-electron chi connectivity index (χ4n) is 3.39. The van der Waals surface area contributed by atoms with Crippen molar-refractivity contribution >= 4 is 28.7 Å². The Morgan fingerprint density at radius 1 is 1.17 bits per heavy atom. The maximum Gasteiger partial charge on any atom is 0.339 e. The van der Waals surface area contributed by atoms with Crippen molar-refractivity contribution in [3.8, 4) is 11.5 Å². The van der Waals surface area contributed by atoms with Crippen LogP contribution in [0.4, 0.5) is 5.69 Å². The van der Waals surface area contributed by atoms with Gasteiger partial charge in [0, 0.05) is 23.4 Å². The molecule has 5 rings (SSSR count). The van der Waals surface area contributed by atoms with E-state index in [-0.39, 0.29) is 0 Å². The summed E-state index contributed by atoms with van der Waals surface area (Å²) in [7, 11) is 0. The predicted molar refractivity (Wildman–Crippen MR) is 105 cm³/mol. The molecule has 0 radical (unpaired) electrons. The lowest BCUT2D eigenvalue weighted by atomic mass is 10.1. The molecule has 0 unspecified atom stereocenters. The standard InChI is InChI=1S/C21H19N3O6/c1-11-19-14(9-15(12-2-3-12)23-20(19)30-24-11)21(26)29-10-18(25)22-13-4-5-16-17(8-13)28-7-6-27-16/h4-5,8-9,12H,2-3,6-7,10H2,1H3,(H,22,25). The van der Waals surface area contributed by atoms with Crippen molar-refractivity contribution in [2.75, 3.05) is 25.1 Å². The maximum absolute atomic E-state index is 12.7. The zero-order valence-corrected chi connectivity index (χ0v) is 16.3. The van der Waals surface area contributed by atoms with E-state index in [1.165, 1.54) is 0 Å². The molecule has 0 saturated heterocycles. The lowest BCUT2D eigenvalue weighted by Crippen LogP contribution is -2.21. The molecule has 154 valence electrons. The number of ether oxygens (including phenoxy) is 3. The first-order chi connectivity index (χ1) is 14.6. The van der Waals surface area contributed by atoms with E-state index in [0.717, 1.165) is 18.5 Å². The highest BCUT2D eigenvalue weighted by atomic mass is 16.6. The molecule has 3 heterocycles. The third-order valence-electron chi connectivity index (χ3n) is 5.01. The van der Waals surface area contributed by atoms with Crippen LogP contribution in [-0.4, -0.2) is 41.8 Å². The minimum absolute atomic E-state index is 0.310. The van der Waals surface area contributed by atoms with Gasteiger partial charge >= 0.3 is 5.97 Å². The number of carbonyl (C=O) groups is 2. The van der Waals surface area contributed by atoms with Crippen molar-refractivity contribution in [2.45, 2.75) is 25.7 Å². The molecule has 9 nitrogen and oxygen atoms in total. The van der Waals surface area contributed by atoms with E-state index in [1.54, 1.807) is 31.2 Å². The van der Waals surface area contributed by atoms with Gasteiger partial charge in [0.1, 0.15) is 13.2 Å². The monoisotopic (exact) mass is 409 g/mol. The molecule has 1 saturated carbocycles. The van der Waals surface area contributed by atoms with E-state index >= 15 is 0 Å². The number of amides is 1. The Morgan fingerprint density at radius 2 is 1.97 bits per heavy atom. The van der Waals surface area contributed by atoms with Gasteiger partial charge in [0.2, 0.25) is 0 Å². The molecule has 2 aliphatic rings. The van der Waals surface area contributed by atoms with Crippen LogP contribution < -0.4 is 14.8 Å². The van der Waals surface area contributed by atoms with Gasteiger partial charge in [0.25, 0.3) is 11.6 Å². The number of pyridine rings is 1. The van der Waals surface area contributed by atoms with E-state index in [9.17, 15) is 9.59 Å². The summed E-state index contributed by atoms with van der Waals surface area (Å²) >= 11 is 0. The average molecular weight is 409 g/mol. The van der Waals surface area contributed by atoms with Crippen LogP contribution in [0.2, 0.25) is 0 Å². The zero-order chi connectivity index (χ0) is 20.7. The van der Waals surface area contributed by atoms with Crippen LogP contribution in [0.15, 0.2) is 28.8 Å². The second-order valence-electron chi connectivity index (χ2n) is 7.30. The Balaban J connectivity index is 1.28. The molecule has 3 aromatic rings. The van der Waals surface area contributed by atoms with Crippen LogP contribution >= 0.6 is 0 Å². The molecule has 0 bridgehead atoms. The number of rotatable bonds is 5. The van der Waals surface area contributed by atoms with Gasteiger partial charge in [-0.1, -0.05) is 5.16 Å². The Morgan fingerprint density at radius 3 is 2.77 bits per heavy atom. The van der Waals surface area contributed by atoms with Crippen LogP contribution in [-0.2, 0) is 9.53 Å². The Bertz CT molecular complexity index is 1150. The van der Waals surface area contributed by atoms with Crippen molar-refractivity contribution in [3.63, 3.8) is 0 Å². The van der Waals surface area contributed by atoms with E-state index in [1.807, 2.05) is 0 Å². The molecule has 1 aliphatic heterocycles. The van der Waals surface area contributed by atoms with Gasteiger partial charge in [-0.05, 0) is 38.0 Å². The molecule has 1 aromatic carbocycles. The van der Waals surface area contributed by atoms with Gasteiger partial charge in [0.15, 0.2) is 18.1 Å². The molecule has 30 heavy (non-hydrogen) atoms. The SMILES string of the molecule is Cc1noc2nc(C3CC3)cc(C(=O)OCC(=O)Nc3ccc4c(c3)OCCO4)c12. The number of hydrogen-bond acceptors (Lipinski definition) is 8. The van der Waals surface area contributed by atoms with E-state index in [0.29, 0.717) is 58.7 Å². The number of hydrogen-bond donors (Lipinski definition) is 1. The molecular formula is C21H19N3O6. The quantitative estimate of drug-likeness (QED) is 0.640. The third kappa shape index (κ3) is 3.54. The van der Waals surface area contributed by atoms with Crippen LogP contribution in [0, 0.1) is 6.92 Å². The highest BCUT2D eigenvalue weighted by Gasteiger charge is 2.29. The van der Waals surface area contributed by atoms with E-state index in [2.05, 4.69) is 15.5 Å². The summed E-state index contributed by atoms with van der Waals surface area (Å²) in [5.74, 6) is 0.432. The van der Waals surface area contributed by atoms with Crippen LogP contribution in [0.5, 0.6) is 11.5 Å². The Kier molecular flexibility index (Phi) is 4.50. The number of fused-ring (bicyclic) bond motifs is 2. The molecule has 0 spiro atoms. The molecule has 1 fully saturated rings. The van der Waals surface area contributed by atoms with Crippen molar-refractivity contribution in [1.29, 1.82) is 0 Å². The van der Waals surface area contributed by atoms with Gasteiger partial charge in [-0.15, -0.1) is 0 Å². The summed E-state index contributed by atoms with van der Waals surface area (Å²) in [4.78, 5) is 29.4. The molecule has 0 atom stereocenters. The van der Waals surface area contributed by atoms with Crippen molar-refractivity contribution in [3.05, 3.63) is 41.2 Å². The lowest BCUT2D eigenvalue weighted by molar-refractivity contribution is -0.119. The average Bonchev–Trinajstić information content (AvgIpc) is 3.54. The van der Waals surface area contributed by atoms with Gasteiger partial charge in [-0.25, -0.2) is 9.78 Å². The fraction of sp³-hybridized carbons (Fsp3) is 0.333. The van der Waals surface area contributed by atoms with Gasteiger partial charge in [-0.2, -0.15) is 0 Å². The summed E-state index contributed by atoms with van der Waals surface area (Å²) in [6.45, 7) is 2.24. The maximum atomic E-state index is 12.7. The van der Waals surface area contributed by atoms with Gasteiger partial charge in [-0.3, -0.25) is 4.79 Å². The predicted octanol–water partition coefficient (Wildman–Crippen LogP) is 2.98. The first-order valence-corrected chi connectivity index (χ1v) is 9.72. The van der Waals surface area contributed by atoms with Crippen LogP contribution in [0.3, 0.4) is 0 Å². The number of benzene rings is 1. The minimum Gasteiger partial charge on any atom is -0.486 e. The Hall–Kier alpha value is -3.62. The van der Waals surface area contributed by atoms with E-state index in [4.69, 9.17) is 18.7 Å². The minimum atomic E-state index is -0.618. The first kappa shape index (κ1) is 18.4. The molecule has 1 aliphatic carbocycles. The summed E-state index contributed by atoms with van der Waals surface area (Å²) in [6, 6.07) is 6.80. The highest BCUT2D eigenvalue weighted by Crippen LogP contribution is 2.40. The number of nitrogens with zero attached hydrogens (tertiary/aromatic N) is 2. The zero-order valence-electron chi connectivity index (χ0n) is 16.3. The lowest BCUT2D eigenvalue weighted by Gasteiger charge is -2.19. The second-order valence-corrected chi connectivity index (χ2v) is 7.30.